The van der Waals surface area contributed by atoms with Gasteiger partial charge in [0.25, 0.3) is 0 Å². The van der Waals surface area contributed by atoms with Crippen molar-refractivity contribution in [2.75, 3.05) is 0 Å². The van der Waals surface area contributed by atoms with Crippen LogP contribution >= 0.6 is 0 Å². The Balaban J connectivity index is 2.28. The lowest BCUT2D eigenvalue weighted by Gasteiger charge is -2.08. The van der Waals surface area contributed by atoms with Gasteiger partial charge in [-0.3, -0.25) is 15.1 Å². The van der Waals surface area contributed by atoms with Crippen LogP contribution in [-0.4, -0.2) is 15.0 Å². The summed E-state index contributed by atoms with van der Waals surface area (Å²) in [6.07, 6.45) is 1.47. The molecule has 0 radical (unpaired) electrons. The topological polar surface area (TPSA) is 85.5 Å². The van der Waals surface area contributed by atoms with E-state index < -0.39 is 11.0 Å². The maximum absolute atomic E-state index is 11.1. The van der Waals surface area contributed by atoms with Gasteiger partial charge in [-0.05, 0) is 37.1 Å². The standard InChI is InChI=1S/C15H16N2O4/c1-3-11-4-7-15(14(8-11)17(19)20)21-12-5-6-13(10(2)18)16-9-12/h4-10,18H,3H2,1-2H3/t10-/m0/s1. The van der Waals surface area contributed by atoms with Gasteiger partial charge in [0.05, 0.1) is 22.9 Å². The van der Waals surface area contributed by atoms with Crippen LogP contribution in [0.2, 0.25) is 0 Å². The van der Waals surface area contributed by atoms with Crippen LogP contribution in [-0.2, 0) is 6.42 Å². The molecule has 1 heterocycles. The molecule has 1 aromatic carbocycles. The maximum Gasteiger partial charge on any atom is 0.311 e. The van der Waals surface area contributed by atoms with E-state index in [0.29, 0.717) is 17.9 Å². The number of aryl methyl sites for hydroxylation is 1. The number of nitro groups is 1. The molecular formula is C15H16N2O4. The number of pyridine rings is 1. The highest BCUT2D eigenvalue weighted by atomic mass is 16.6. The van der Waals surface area contributed by atoms with E-state index in [1.807, 2.05) is 6.92 Å². The number of rotatable bonds is 5. The van der Waals surface area contributed by atoms with Crippen LogP contribution in [0.15, 0.2) is 36.5 Å². The first-order chi connectivity index (χ1) is 10.0. The molecule has 0 saturated carbocycles. The predicted octanol–water partition coefficient (Wildman–Crippen LogP) is 3.40. The monoisotopic (exact) mass is 288 g/mol. The smallest absolute Gasteiger partial charge is 0.311 e. The van der Waals surface area contributed by atoms with E-state index >= 15 is 0 Å². The zero-order valence-corrected chi connectivity index (χ0v) is 11.8. The van der Waals surface area contributed by atoms with Gasteiger partial charge < -0.3 is 9.84 Å². The second kappa shape index (κ2) is 6.32. The molecule has 0 fully saturated rings. The van der Waals surface area contributed by atoms with Gasteiger partial charge in [0, 0.05) is 6.07 Å². The molecule has 1 atom stereocenters. The van der Waals surface area contributed by atoms with Crippen molar-refractivity contribution < 1.29 is 14.8 Å². The lowest BCUT2D eigenvalue weighted by Crippen LogP contribution is -1.97. The first kappa shape index (κ1) is 14.9. The van der Waals surface area contributed by atoms with E-state index in [2.05, 4.69) is 4.98 Å². The highest BCUT2D eigenvalue weighted by Crippen LogP contribution is 2.32. The summed E-state index contributed by atoms with van der Waals surface area (Å²) in [6.45, 7) is 3.54. The Morgan fingerprint density at radius 1 is 1.38 bits per heavy atom. The Hall–Kier alpha value is -2.47. The molecule has 0 aliphatic rings. The Labute approximate surface area is 122 Å². The lowest BCUT2D eigenvalue weighted by molar-refractivity contribution is -0.385. The van der Waals surface area contributed by atoms with Gasteiger partial charge in [-0.25, -0.2) is 0 Å². The summed E-state index contributed by atoms with van der Waals surface area (Å²) < 4.78 is 5.52. The second-order valence-corrected chi connectivity index (χ2v) is 4.61. The van der Waals surface area contributed by atoms with Crippen molar-refractivity contribution in [3.8, 4) is 11.5 Å². The third-order valence-electron chi connectivity index (χ3n) is 3.04. The summed E-state index contributed by atoms with van der Waals surface area (Å²) >= 11 is 0. The van der Waals surface area contributed by atoms with Crippen LogP contribution in [0, 0.1) is 10.1 Å². The second-order valence-electron chi connectivity index (χ2n) is 4.61. The van der Waals surface area contributed by atoms with Gasteiger partial charge in [0.1, 0.15) is 5.75 Å². The molecule has 110 valence electrons. The van der Waals surface area contributed by atoms with Crippen molar-refractivity contribution in [3.05, 3.63) is 57.9 Å². The summed E-state index contributed by atoms with van der Waals surface area (Å²) in [6, 6.07) is 8.12. The maximum atomic E-state index is 11.1. The first-order valence-electron chi connectivity index (χ1n) is 6.60. The van der Waals surface area contributed by atoms with E-state index in [9.17, 15) is 15.2 Å². The quantitative estimate of drug-likeness (QED) is 0.673. The average Bonchev–Trinajstić information content (AvgIpc) is 2.48. The normalized spacial score (nSPS) is 12.0. The van der Waals surface area contributed by atoms with Crippen molar-refractivity contribution in [2.24, 2.45) is 0 Å². The minimum atomic E-state index is -0.669. The van der Waals surface area contributed by atoms with Gasteiger partial charge in [0.15, 0.2) is 0 Å². The summed E-state index contributed by atoms with van der Waals surface area (Å²) in [5, 5.41) is 20.5. The molecule has 0 spiro atoms. The minimum Gasteiger partial charge on any atom is -0.449 e. The molecule has 0 aliphatic carbocycles. The number of benzene rings is 1. The molecule has 1 aromatic heterocycles. The van der Waals surface area contributed by atoms with E-state index in [4.69, 9.17) is 4.74 Å². The number of hydrogen-bond acceptors (Lipinski definition) is 5. The molecule has 0 amide bonds. The number of ether oxygens (including phenoxy) is 1. The number of aliphatic hydroxyl groups excluding tert-OH is 1. The van der Waals surface area contributed by atoms with Gasteiger partial charge in [0.2, 0.25) is 5.75 Å². The molecule has 2 rings (SSSR count). The third-order valence-corrected chi connectivity index (χ3v) is 3.04. The van der Waals surface area contributed by atoms with Gasteiger partial charge in [-0.1, -0.05) is 13.0 Å². The molecule has 0 bridgehead atoms. The van der Waals surface area contributed by atoms with Crippen molar-refractivity contribution in [1.82, 2.24) is 4.98 Å². The molecular weight excluding hydrogens is 272 g/mol. The Morgan fingerprint density at radius 3 is 2.67 bits per heavy atom. The molecule has 6 heteroatoms. The van der Waals surface area contributed by atoms with Gasteiger partial charge in [-0.2, -0.15) is 0 Å². The van der Waals surface area contributed by atoms with Gasteiger partial charge in [-0.15, -0.1) is 0 Å². The zero-order valence-electron chi connectivity index (χ0n) is 11.8. The summed E-state index contributed by atoms with van der Waals surface area (Å²) in [5.74, 6) is 0.551. The van der Waals surface area contributed by atoms with Crippen molar-refractivity contribution in [3.63, 3.8) is 0 Å². The SMILES string of the molecule is CCc1ccc(Oc2ccc([C@H](C)O)nc2)c([N+](=O)[O-])c1. The van der Waals surface area contributed by atoms with Crippen LogP contribution in [0.25, 0.3) is 0 Å². The fourth-order valence-corrected chi connectivity index (χ4v) is 1.84. The van der Waals surface area contributed by atoms with Crippen LogP contribution in [0.4, 0.5) is 5.69 Å². The van der Waals surface area contributed by atoms with Gasteiger partial charge >= 0.3 is 5.69 Å². The van der Waals surface area contributed by atoms with E-state index in [-0.39, 0.29) is 11.4 Å². The first-order valence-corrected chi connectivity index (χ1v) is 6.60. The van der Waals surface area contributed by atoms with Crippen molar-refractivity contribution in [2.45, 2.75) is 26.4 Å². The Bertz CT molecular complexity index is 639. The fourth-order valence-electron chi connectivity index (χ4n) is 1.84. The molecule has 21 heavy (non-hydrogen) atoms. The molecule has 0 aliphatic heterocycles. The van der Waals surface area contributed by atoms with E-state index in [1.54, 1.807) is 31.2 Å². The molecule has 0 unspecified atom stereocenters. The van der Waals surface area contributed by atoms with Crippen molar-refractivity contribution in [1.29, 1.82) is 0 Å². The minimum absolute atomic E-state index is 0.0750. The number of nitro benzene ring substituents is 1. The molecule has 0 saturated heterocycles. The van der Waals surface area contributed by atoms with E-state index in [0.717, 1.165) is 5.56 Å². The predicted molar refractivity (Wildman–Crippen MR) is 77.4 cm³/mol. The van der Waals surface area contributed by atoms with Crippen molar-refractivity contribution >= 4 is 5.69 Å². The Kier molecular flexibility index (Phi) is 4.49. The number of nitrogens with zero attached hydrogens (tertiary/aromatic N) is 2. The van der Waals surface area contributed by atoms with Crippen LogP contribution in [0.5, 0.6) is 11.5 Å². The van der Waals surface area contributed by atoms with Crippen LogP contribution < -0.4 is 4.74 Å². The largest absolute Gasteiger partial charge is 0.449 e. The fraction of sp³-hybridized carbons (Fsp3) is 0.267. The number of aliphatic hydroxyl groups is 1. The highest BCUT2D eigenvalue weighted by molar-refractivity contribution is 5.50. The summed E-state index contributed by atoms with van der Waals surface area (Å²) in [4.78, 5) is 14.7. The third kappa shape index (κ3) is 3.55. The Morgan fingerprint density at radius 2 is 2.14 bits per heavy atom. The van der Waals surface area contributed by atoms with Crippen LogP contribution in [0.1, 0.15) is 31.2 Å². The number of hydrogen-bond donors (Lipinski definition) is 1. The average molecular weight is 288 g/mol. The lowest BCUT2D eigenvalue weighted by atomic mass is 10.1. The van der Waals surface area contributed by atoms with E-state index in [1.165, 1.54) is 12.3 Å². The molecule has 1 N–H and O–H groups in total. The summed E-state index contributed by atoms with van der Waals surface area (Å²) in [5.41, 5.74) is 1.31. The van der Waals surface area contributed by atoms with Crippen LogP contribution in [0.3, 0.4) is 0 Å². The molecule has 6 nitrogen and oxygen atoms in total. The zero-order chi connectivity index (χ0) is 15.4. The summed E-state index contributed by atoms with van der Waals surface area (Å²) in [7, 11) is 0. The number of aromatic nitrogens is 1. The molecule has 2 aromatic rings. The highest BCUT2D eigenvalue weighted by Gasteiger charge is 2.16.